The first-order valence-electron chi connectivity index (χ1n) is 12.5. The summed E-state index contributed by atoms with van der Waals surface area (Å²) < 4.78 is 22.1. The Labute approximate surface area is 213 Å². The van der Waals surface area contributed by atoms with Crippen LogP contribution >= 0.6 is 0 Å². The topological polar surface area (TPSA) is 71.1 Å². The highest BCUT2D eigenvalue weighted by Crippen LogP contribution is 2.47. The Balaban J connectivity index is 2.06. The van der Waals surface area contributed by atoms with Gasteiger partial charge < -0.3 is 18.9 Å². The van der Waals surface area contributed by atoms with Crippen molar-refractivity contribution in [1.29, 1.82) is 0 Å². The fourth-order valence-corrected chi connectivity index (χ4v) is 4.77. The van der Waals surface area contributed by atoms with Gasteiger partial charge in [0.25, 0.3) is 0 Å². The molecule has 0 spiro atoms. The molecule has 6 nitrogen and oxygen atoms in total. The molecule has 3 aromatic rings. The molecule has 36 heavy (non-hydrogen) atoms. The van der Waals surface area contributed by atoms with Crippen LogP contribution in [0.3, 0.4) is 0 Å². The Morgan fingerprint density at radius 3 is 2.03 bits per heavy atom. The van der Waals surface area contributed by atoms with E-state index < -0.39 is 0 Å². The highest BCUT2D eigenvalue weighted by atomic mass is 16.5. The van der Waals surface area contributed by atoms with E-state index in [0.717, 1.165) is 64.6 Å². The number of unbranched alkanes of at least 4 members (excludes halogenated alkanes) is 1. The predicted octanol–water partition coefficient (Wildman–Crippen LogP) is 6.74. The predicted molar refractivity (Wildman–Crippen MR) is 141 cm³/mol. The molecule has 0 aromatic heterocycles. The molecule has 192 valence electrons. The lowest BCUT2D eigenvalue weighted by molar-refractivity contribution is -0.140. The van der Waals surface area contributed by atoms with E-state index in [1.807, 2.05) is 55.5 Å². The number of carbonyl (C=O) groups is 2. The van der Waals surface area contributed by atoms with Crippen LogP contribution in [0.5, 0.6) is 17.2 Å². The number of esters is 2. The van der Waals surface area contributed by atoms with Crippen molar-refractivity contribution in [3.05, 3.63) is 65.2 Å². The smallest absolute Gasteiger partial charge is 0.311 e. The minimum absolute atomic E-state index is 0.0171. The summed E-state index contributed by atoms with van der Waals surface area (Å²) in [7, 11) is 4.80. The van der Waals surface area contributed by atoms with Crippen LogP contribution in [0.15, 0.2) is 48.5 Å². The molecule has 0 saturated heterocycles. The van der Waals surface area contributed by atoms with E-state index in [1.54, 1.807) is 14.2 Å². The van der Waals surface area contributed by atoms with Gasteiger partial charge in [-0.25, -0.2) is 0 Å². The summed E-state index contributed by atoms with van der Waals surface area (Å²) in [6, 6.07) is 15.7. The van der Waals surface area contributed by atoms with E-state index in [1.165, 1.54) is 7.11 Å². The minimum Gasteiger partial charge on any atom is -0.496 e. The first-order valence-corrected chi connectivity index (χ1v) is 12.5. The minimum atomic E-state index is -0.235. The Morgan fingerprint density at radius 1 is 0.806 bits per heavy atom. The van der Waals surface area contributed by atoms with Gasteiger partial charge >= 0.3 is 11.9 Å². The average molecular weight is 493 g/mol. The zero-order chi connectivity index (χ0) is 26.1. The molecule has 3 rings (SSSR count). The Kier molecular flexibility index (Phi) is 9.74. The van der Waals surface area contributed by atoms with Gasteiger partial charge in [0.05, 0.1) is 21.3 Å². The molecule has 0 radical (unpaired) electrons. The van der Waals surface area contributed by atoms with E-state index in [-0.39, 0.29) is 17.9 Å². The number of ether oxygens (including phenoxy) is 4. The van der Waals surface area contributed by atoms with Crippen molar-refractivity contribution < 1.29 is 28.5 Å². The zero-order valence-electron chi connectivity index (χ0n) is 21.9. The summed E-state index contributed by atoms with van der Waals surface area (Å²) in [4.78, 5) is 23.6. The van der Waals surface area contributed by atoms with Crippen molar-refractivity contribution in [3.63, 3.8) is 0 Å². The first-order chi connectivity index (χ1) is 17.4. The molecule has 0 heterocycles. The van der Waals surface area contributed by atoms with E-state index in [4.69, 9.17) is 18.9 Å². The van der Waals surface area contributed by atoms with Crippen molar-refractivity contribution in [2.24, 2.45) is 0 Å². The molecule has 0 amide bonds. The third-order valence-corrected chi connectivity index (χ3v) is 6.48. The lowest BCUT2D eigenvalue weighted by atomic mass is 9.82. The Bertz CT molecular complexity index is 1180. The van der Waals surface area contributed by atoms with Crippen LogP contribution < -0.4 is 14.2 Å². The van der Waals surface area contributed by atoms with Crippen LogP contribution in [-0.4, -0.2) is 33.3 Å². The number of benzene rings is 3. The summed E-state index contributed by atoms with van der Waals surface area (Å²) in [5.74, 6) is 1.72. The van der Waals surface area contributed by atoms with Gasteiger partial charge in [0.2, 0.25) is 0 Å². The van der Waals surface area contributed by atoms with E-state index >= 15 is 0 Å². The lowest BCUT2D eigenvalue weighted by Crippen LogP contribution is -2.10. The van der Waals surface area contributed by atoms with Gasteiger partial charge in [0.1, 0.15) is 17.2 Å². The molecule has 0 aliphatic rings. The van der Waals surface area contributed by atoms with Crippen molar-refractivity contribution >= 4 is 22.7 Å². The highest BCUT2D eigenvalue weighted by molar-refractivity contribution is 5.96. The van der Waals surface area contributed by atoms with Gasteiger partial charge in [-0.1, -0.05) is 49.7 Å². The average Bonchev–Trinajstić information content (AvgIpc) is 2.89. The van der Waals surface area contributed by atoms with Crippen LogP contribution in [0.2, 0.25) is 0 Å². The number of carbonyl (C=O) groups excluding carboxylic acids is 2. The molecular formula is C30H36O6. The zero-order valence-corrected chi connectivity index (χ0v) is 21.9. The fourth-order valence-electron chi connectivity index (χ4n) is 4.77. The molecule has 0 aliphatic carbocycles. The quantitative estimate of drug-likeness (QED) is 0.158. The molecule has 1 atom stereocenters. The summed E-state index contributed by atoms with van der Waals surface area (Å²) in [6.07, 6.45) is 3.86. The van der Waals surface area contributed by atoms with E-state index in [9.17, 15) is 9.59 Å². The second-order valence-corrected chi connectivity index (χ2v) is 8.82. The third-order valence-electron chi connectivity index (χ3n) is 6.48. The normalized spacial score (nSPS) is 11.7. The monoisotopic (exact) mass is 492 g/mol. The molecule has 3 aromatic carbocycles. The van der Waals surface area contributed by atoms with Crippen molar-refractivity contribution in [3.8, 4) is 17.2 Å². The van der Waals surface area contributed by atoms with E-state index in [0.29, 0.717) is 18.6 Å². The largest absolute Gasteiger partial charge is 0.496 e. The molecule has 1 unspecified atom stereocenters. The maximum atomic E-state index is 11.9. The summed E-state index contributed by atoms with van der Waals surface area (Å²) in [5.41, 5.74) is 3.15. The van der Waals surface area contributed by atoms with Gasteiger partial charge in [-0.3, -0.25) is 9.59 Å². The van der Waals surface area contributed by atoms with Crippen LogP contribution in [-0.2, 0) is 14.3 Å². The SMILES string of the molecule is CCCC(=O)Oc1ccc(C(CCCCC(=O)OC)c2c(C)c(OC)c3ccccc3c2OC)cc1. The molecule has 0 bridgehead atoms. The molecule has 6 heteroatoms. The number of methoxy groups -OCH3 is 3. The maximum absolute atomic E-state index is 11.9. The second kappa shape index (κ2) is 13.0. The number of hydrogen-bond donors (Lipinski definition) is 0. The van der Waals surface area contributed by atoms with Gasteiger partial charge in [-0.05, 0) is 49.4 Å². The summed E-state index contributed by atoms with van der Waals surface area (Å²) >= 11 is 0. The van der Waals surface area contributed by atoms with Gasteiger partial charge in [0.15, 0.2) is 0 Å². The fraction of sp³-hybridized carbons (Fsp3) is 0.400. The molecule has 0 fully saturated rings. The standard InChI is InChI=1S/C30H36O6/c1-6-11-27(32)36-22-18-16-21(17-19-22)23(12-9-10-15-26(31)33-3)28-20(2)29(34-4)24-13-7-8-14-25(24)30(28)35-5/h7-8,13-14,16-19,23H,6,9-12,15H2,1-5H3. The maximum Gasteiger partial charge on any atom is 0.311 e. The molecule has 0 aliphatic heterocycles. The Hall–Kier alpha value is -3.54. The van der Waals surface area contributed by atoms with Gasteiger partial charge in [-0.2, -0.15) is 0 Å². The second-order valence-electron chi connectivity index (χ2n) is 8.82. The Morgan fingerprint density at radius 2 is 1.44 bits per heavy atom. The van der Waals surface area contributed by atoms with E-state index in [2.05, 4.69) is 6.92 Å². The molecule has 0 N–H and O–H groups in total. The van der Waals surface area contributed by atoms with Crippen LogP contribution in [0, 0.1) is 6.92 Å². The van der Waals surface area contributed by atoms with Crippen LogP contribution in [0.25, 0.3) is 10.8 Å². The first kappa shape index (κ1) is 27.1. The summed E-state index contributed by atoms with van der Waals surface area (Å²) in [5, 5.41) is 1.99. The lowest BCUT2D eigenvalue weighted by Gasteiger charge is -2.26. The van der Waals surface area contributed by atoms with Crippen LogP contribution in [0.1, 0.15) is 68.1 Å². The van der Waals surface area contributed by atoms with Gasteiger partial charge in [0, 0.05) is 35.1 Å². The van der Waals surface area contributed by atoms with Crippen molar-refractivity contribution in [2.45, 2.75) is 58.3 Å². The third kappa shape index (κ3) is 6.17. The van der Waals surface area contributed by atoms with Crippen molar-refractivity contribution in [2.75, 3.05) is 21.3 Å². The number of fused-ring (bicyclic) bond motifs is 1. The summed E-state index contributed by atoms with van der Waals surface area (Å²) in [6.45, 7) is 4.01. The molecular weight excluding hydrogens is 456 g/mol. The number of rotatable bonds is 12. The molecule has 0 saturated carbocycles. The number of hydrogen-bond acceptors (Lipinski definition) is 6. The van der Waals surface area contributed by atoms with Crippen LogP contribution in [0.4, 0.5) is 0 Å². The van der Waals surface area contributed by atoms with Gasteiger partial charge in [-0.15, -0.1) is 0 Å². The highest BCUT2D eigenvalue weighted by Gasteiger charge is 2.26. The van der Waals surface area contributed by atoms with Crippen molar-refractivity contribution in [1.82, 2.24) is 0 Å².